The number of anilines is 1. The van der Waals surface area contributed by atoms with E-state index < -0.39 is 0 Å². The van der Waals surface area contributed by atoms with Gasteiger partial charge < -0.3 is 20.7 Å². The van der Waals surface area contributed by atoms with Crippen LogP contribution < -0.4 is 15.8 Å². The van der Waals surface area contributed by atoms with Gasteiger partial charge in [0.15, 0.2) is 0 Å². The summed E-state index contributed by atoms with van der Waals surface area (Å²) in [5.41, 5.74) is 7.89. The molecule has 0 saturated carbocycles. The van der Waals surface area contributed by atoms with Crippen molar-refractivity contribution in [1.82, 2.24) is 4.90 Å². The van der Waals surface area contributed by atoms with E-state index in [4.69, 9.17) is 10.5 Å². The molecule has 6 nitrogen and oxygen atoms in total. The first kappa shape index (κ1) is 21.8. The second kappa shape index (κ2) is 10.3. The lowest BCUT2D eigenvalue weighted by Gasteiger charge is -2.30. The quantitative estimate of drug-likeness (QED) is 0.699. The van der Waals surface area contributed by atoms with Crippen molar-refractivity contribution in [2.24, 2.45) is 11.7 Å². The Hall–Kier alpha value is -2.86. The maximum Gasteiger partial charge on any atom is 0.259 e. The molecule has 0 radical (unpaired) electrons. The van der Waals surface area contributed by atoms with Crippen molar-refractivity contribution in [3.63, 3.8) is 0 Å². The predicted octanol–water partition coefficient (Wildman–Crippen LogP) is 3.47. The molecule has 0 aliphatic carbocycles. The summed E-state index contributed by atoms with van der Waals surface area (Å²) in [7, 11) is 0. The Morgan fingerprint density at radius 3 is 2.40 bits per heavy atom. The van der Waals surface area contributed by atoms with E-state index in [2.05, 4.69) is 10.2 Å². The third kappa shape index (κ3) is 6.07. The molecular weight excluding hydrogens is 378 g/mol. The third-order valence-electron chi connectivity index (χ3n) is 5.41. The van der Waals surface area contributed by atoms with Crippen LogP contribution in [0.25, 0.3) is 0 Å². The Balaban J connectivity index is 1.51. The Morgan fingerprint density at radius 1 is 1.10 bits per heavy atom. The number of rotatable bonds is 8. The van der Waals surface area contributed by atoms with E-state index in [-0.39, 0.29) is 23.8 Å². The maximum absolute atomic E-state index is 12.7. The number of primary amides is 1. The summed E-state index contributed by atoms with van der Waals surface area (Å²) < 4.78 is 5.74. The number of ether oxygens (including phenoxy) is 1. The van der Waals surface area contributed by atoms with E-state index in [1.807, 2.05) is 56.3 Å². The SMILES string of the molecule is CC(C)Oc1ccccc1C(=O)Nc1ccc(CCN2CCC(C(N)=O)CC2)cc1. The molecule has 1 heterocycles. The summed E-state index contributed by atoms with van der Waals surface area (Å²) in [4.78, 5) is 26.3. The first-order valence-electron chi connectivity index (χ1n) is 10.6. The van der Waals surface area contributed by atoms with Gasteiger partial charge in [-0.2, -0.15) is 0 Å². The average molecular weight is 410 g/mol. The fourth-order valence-electron chi connectivity index (χ4n) is 3.69. The van der Waals surface area contributed by atoms with Crippen molar-refractivity contribution >= 4 is 17.5 Å². The molecule has 30 heavy (non-hydrogen) atoms. The number of piperidine rings is 1. The van der Waals surface area contributed by atoms with Crippen LogP contribution in [0.4, 0.5) is 5.69 Å². The van der Waals surface area contributed by atoms with Crippen LogP contribution in [0, 0.1) is 5.92 Å². The van der Waals surface area contributed by atoms with Gasteiger partial charge in [0, 0.05) is 18.2 Å². The standard InChI is InChI=1S/C24H31N3O3/c1-17(2)30-22-6-4-3-5-21(22)24(29)26-20-9-7-18(8-10-20)11-14-27-15-12-19(13-16-27)23(25)28/h3-10,17,19H,11-16H2,1-2H3,(H2,25,28)(H,26,29). The average Bonchev–Trinajstić information content (AvgIpc) is 2.73. The van der Waals surface area contributed by atoms with Crippen molar-refractivity contribution in [2.75, 3.05) is 25.0 Å². The third-order valence-corrected chi connectivity index (χ3v) is 5.41. The van der Waals surface area contributed by atoms with Crippen LogP contribution in [-0.2, 0) is 11.2 Å². The lowest BCUT2D eigenvalue weighted by molar-refractivity contribution is -0.123. The molecule has 6 heteroatoms. The van der Waals surface area contributed by atoms with Gasteiger partial charge in [0.2, 0.25) is 5.91 Å². The zero-order valence-electron chi connectivity index (χ0n) is 17.8. The second-order valence-corrected chi connectivity index (χ2v) is 8.08. The normalized spacial score (nSPS) is 15.2. The number of amides is 2. The van der Waals surface area contributed by atoms with E-state index in [9.17, 15) is 9.59 Å². The monoisotopic (exact) mass is 409 g/mol. The molecule has 2 aromatic rings. The molecule has 0 bridgehead atoms. The highest BCUT2D eigenvalue weighted by Gasteiger charge is 2.22. The van der Waals surface area contributed by atoms with Gasteiger partial charge in [-0.25, -0.2) is 0 Å². The molecule has 160 valence electrons. The number of nitrogens with zero attached hydrogens (tertiary/aromatic N) is 1. The maximum atomic E-state index is 12.7. The minimum atomic E-state index is -0.184. The molecule has 3 rings (SSSR count). The minimum absolute atomic E-state index is 0.000169. The number of para-hydroxylation sites is 1. The Morgan fingerprint density at radius 2 is 1.77 bits per heavy atom. The summed E-state index contributed by atoms with van der Waals surface area (Å²) in [6.07, 6.45) is 2.63. The Bertz CT molecular complexity index is 856. The van der Waals surface area contributed by atoms with E-state index in [1.165, 1.54) is 5.56 Å². The van der Waals surface area contributed by atoms with Crippen LogP contribution in [0.3, 0.4) is 0 Å². The van der Waals surface area contributed by atoms with Crippen LogP contribution in [0.2, 0.25) is 0 Å². The number of likely N-dealkylation sites (tertiary alicyclic amines) is 1. The smallest absolute Gasteiger partial charge is 0.259 e. The zero-order valence-corrected chi connectivity index (χ0v) is 17.8. The fourth-order valence-corrected chi connectivity index (χ4v) is 3.69. The van der Waals surface area contributed by atoms with E-state index in [1.54, 1.807) is 6.07 Å². The van der Waals surface area contributed by atoms with Crippen molar-refractivity contribution in [3.8, 4) is 5.75 Å². The molecule has 2 aromatic carbocycles. The highest BCUT2D eigenvalue weighted by atomic mass is 16.5. The zero-order chi connectivity index (χ0) is 21.5. The highest BCUT2D eigenvalue weighted by molar-refractivity contribution is 6.06. The first-order valence-corrected chi connectivity index (χ1v) is 10.6. The molecule has 2 amide bonds. The lowest BCUT2D eigenvalue weighted by atomic mass is 9.96. The minimum Gasteiger partial charge on any atom is -0.490 e. The summed E-state index contributed by atoms with van der Waals surface area (Å²) in [5.74, 6) is 0.254. The van der Waals surface area contributed by atoms with Crippen LogP contribution >= 0.6 is 0 Å². The summed E-state index contributed by atoms with van der Waals surface area (Å²) >= 11 is 0. The van der Waals surface area contributed by atoms with Crippen LogP contribution in [0.1, 0.15) is 42.6 Å². The number of nitrogens with one attached hydrogen (secondary N) is 1. The van der Waals surface area contributed by atoms with Gasteiger partial charge in [-0.1, -0.05) is 24.3 Å². The van der Waals surface area contributed by atoms with Crippen molar-refractivity contribution < 1.29 is 14.3 Å². The van der Waals surface area contributed by atoms with Crippen LogP contribution in [0.5, 0.6) is 5.75 Å². The Kier molecular flexibility index (Phi) is 7.46. The lowest BCUT2D eigenvalue weighted by Crippen LogP contribution is -2.39. The van der Waals surface area contributed by atoms with Gasteiger partial charge in [0.05, 0.1) is 11.7 Å². The largest absolute Gasteiger partial charge is 0.490 e. The van der Waals surface area contributed by atoms with Crippen LogP contribution in [0.15, 0.2) is 48.5 Å². The summed E-state index contributed by atoms with van der Waals surface area (Å²) in [5, 5.41) is 2.95. The van der Waals surface area contributed by atoms with Crippen molar-refractivity contribution in [3.05, 3.63) is 59.7 Å². The Labute approximate surface area is 178 Å². The number of carbonyl (C=O) groups is 2. The molecule has 0 unspecified atom stereocenters. The predicted molar refractivity (Wildman–Crippen MR) is 119 cm³/mol. The van der Waals surface area contributed by atoms with E-state index in [0.717, 1.165) is 44.6 Å². The van der Waals surface area contributed by atoms with Gasteiger partial charge in [-0.3, -0.25) is 9.59 Å². The highest BCUT2D eigenvalue weighted by Crippen LogP contribution is 2.22. The number of nitrogens with two attached hydrogens (primary N) is 1. The molecule has 0 aromatic heterocycles. The van der Waals surface area contributed by atoms with Crippen molar-refractivity contribution in [2.45, 2.75) is 39.2 Å². The molecule has 1 aliphatic rings. The molecule has 3 N–H and O–H groups in total. The van der Waals surface area contributed by atoms with Crippen molar-refractivity contribution in [1.29, 1.82) is 0 Å². The first-order chi connectivity index (χ1) is 14.4. The molecule has 1 aliphatic heterocycles. The summed E-state index contributed by atoms with van der Waals surface area (Å²) in [6.45, 7) is 6.66. The molecule has 0 spiro atoms. The number of hydrogen-bond donors (Lipinski definition) is 2. The topological polar surface area (TPSA) is 84.7 Å². The number of benzene rings is 2. The second-order valence-electron chi connectivity index (χ2n) is 8.08. The molecular formula is C24H31N3O3. The molecule has 1 fully saturated rings. The van der Waals surface area contributed by atoms with Gasteiger partial charge in [-0.15, -0.1) is 0 Å². The van der Waals surface area contributed by atoms with Gasteiger partial charge >= 0.3 is 0 Å². The van der Waals surface area contributed by atoms with E-state index in [0.29, 0.717) is 11.3 Å². The number of hydrogen-bond acceptors (Lipinski definition) is 4. The molecule has 0 atom stereocenters. The molecule has 1 saturated heterocycles. The van der Waals surface area contributed by atoms with Gasteiger partial charge in [0.25, 0.3) is 5.91 Å². The fraction of sp³-hybridized carbons (Fsp3) is 0.417. The van der Waals surface area contributed by atoms with Gasteiger partial charge in [0.1, 0.15) is 5.75 Å². The summed E-state index contributed by atoms with van der Waals surface area (Å²) in [6, 6.07) is 15.2. The van der Waals surface area contributed by atoms with E-state index >= 15 is 0 Å². The number of carbonyl (C=O) groups excluding carboxylic acids is 2. The van der Waals surface area contributed by atoms with Crippen LogP contribution in [-0.4, -0.2) is 42.5 Å². The van der Waals surface area contributed by atoms with Gasteiger partial charge in [-0.05, 0) is 76.0 Å².